The van der Waals surface area contributed by atoms with Gasteiger partial charge in [-0.1, -0.05) is 22.7 Å². The monoisotopic (exact) mass is 332 g/mol. The van der Waals surface area contributed by atoms with Crippen molar-refractivity contribution in [3.63, 3.8) is 0 Å². The summed E-state index contributed by atoms with van der Waals surface area (Å²) in [5, 5.41) is 0.916. The molecular formula is C14H6F2N4S2. The van der Waals surface area contributed by atoms with Crippen molar-refractivity contribution in [2.24, 2.45) is 0 Å². The van der Waals surface area contributed by atoms with Crippen molar-refractivity contribution < 1.29 is 8.78 Å². The molecule has 0 unspecified atom stereocenters. The minimum absolute atomic E-state index is 0.197. The van der Waals surface area contributed by atoms with Gasteiger partial charge in [-0.25, -0.2) is 18.7 Å². The predicted octanol–water partition coefficient (Wildman–Crippen LogP) is 4.16. The van der Waals surface area contributed by atoms with Crippen molar-refractivity contribution in [1.29, 1.82) is 0 Å². The first-order valence-corrected chi connectivity index (χ1v) is 7.85. The lowest BCUT2D eigenvalue weighted by molar-refractivity contribution is 0.625. The van der Waals surface area contributed by atoms with Crippen LogP contribution in [0.2, 0.25) is 0 Å². The Balaban J connectivity index is 1.81. The molecular weight excluding hydrogens is 326 g/mol. The number of hydrogen-bond acceptors (Lipinski definition) is 6. The topological polar surface area (TPSA) is 51.6 Å². The summed E-state index contributed by atoms with van der Waals surface area (Å²) in [5.41, 5.74) is 0.395. The Morgan fingerprint density at radius 2 is 1.18 bits per heavy atom. The fraction of sp³-hybridized carbons (Fsp3) is 0. The second-order valence-corrected chi connectivity index (χ2v) is 6.27. The minimum atomic E-state index is -0.431. The molecule has 0 aromatic carbocycles. The third-order valence-electron chi connectivity index (χ3n) is 2.90. The maximum Gasteiger partial charge on any atom is 0.156 e. The van der Waals surface area contributed by atoms with Crippen LogP contribution in [0.4, 0.5) is 8.78 Å². The molecule has 0 fully saturated rings. The van der Waals surface area contributed by atoms with Gasteiger partial charge >= 0.3 is 0 Å². The summed E-state index contributed by atoms with van der Waals surface area (Å²) in [6, 6.07) is 5.71. The molecule has 0 spiro atoms. The van der Waals surface area contributed by atoms with Crippen LogP contribution >= 0.6 is 22.7 Å². The van der Waals surface area contributed by atoms with Gasteiger partial charge in [0, 0.05) is 12.4 Å². The Labute approximate surface area is 131 Å². The Kier molecular flexibility index (Phi) is 3.12. The second-order valence-electron chi connectivity index (χ2n) is 4.32. The van der Waals surface area contributed by atoms with Crippen LogP contribution < -0.4 is 0 Å². The van der Waals surface area contributed by atoms with E-state index in [9.17, 15) is 8.78 Å². The van der Waals surface area contributed by atoms with Gasteiger partial charge in [-0.15, -0.1) is 0 Å². The predicted molar refractivity (Wildman–Crippen MR) is 81.7 cm³/mol. The molecule has 8 heteroatoms. The quantitative estimate of drug-likeness (QED) is 0.553. The van der Waals surface area contributed by atoms with Crippen molar-refractivity contribution in [2.75, 3.05) is 0 Å². The highest BCUT2D eigenvalue weighted by atomic mass is 32.1. The third-order valence-corrected chi connectivity index (χ3v) is 4.94. The smallest absolute Gasteiger partial charge is 0.156 e. The van der Waals surface area contributed by atoms with Crippen molar-refractivity contribution in [1.82, 2.24) is 19.9 Å². The maximum atomic E-state index is 13.7. The number of rotatable bonds is 2. The van der Waals surface area contributed by atoms with Gasteiger partial charge in [-0.3, -0.25) is 9.97 Å². The van der Waals surface area contributed by atoms with E-state index in [1.807, 2.05) is 0 Å². The lowest BCUT2D eigenvalue weighted by Crippen LogP contribution is -1.87. The molecule has 0 atom stereocenters. The van der Waals surface area contributed by atoms with Gasteiger partial charge in [-0.2, -0.15) is 0 Å². The Morgan fingerprint density at radius 3 is 1.59 bits per heavy atom. The molecule has 0 N–H and O–H groups in total. The van der Waals surface area contributed by atoms with Gasteiger partial charge < -0.3 is 0 Å². The van der Waals surface area contributed by atoms with Crippen molar-refractivity contribution in [2.45, 2.75) is 0 Å². The standard InChI is InChI=1S/C14H6F2N4S2/c15-7-3-1-5-17-9(7)11-19-13-14(21-11)20-12(22-13)10-8(16)4-2-6-18-10/h1-6H. The number of thiazole rings is 2. The highest BCUT2D eigenvalue weighted by molar-refractivity contribution is 7.29. The van der Waals surface area contributed by atoms with E-state index in [1.165, 1.54) is 59.3 Å². The van der Waals surface area contributed by atoms with Crippen molar-refractivity contribution in [3.8, 4) is 21.4 Å². The molecule has 4 rings (SSSR count). The fourth-order valence-electron chi connectivity index (χ4n) is 1.93. The number of nitrogens with zero attached hydrogens (tertiary/aromatic N) is 4. The zero-order chi connectivity index (χ0) is 15.1. The summed E-state index contributed by atoms with van der Waals surface area (Å²) in [5.74, 6) is -0.861. The summed E-state index contributed by atoms with van der Waals surface area (Å²) < 4.78 is 27.5. The van der Waals surface area contributed by atoms with Gasteiger partial charge in [0.2, 0.25) is 0 Å². The molecule has 4 aromatic heterocycles. The summed E-state index contributed by atoms with van der Waals surface area (Å²) in [7, 11) is 0. The number of aromatic nitrogens is 4. The van der Waals surface area contributed by atoms with Crippen molar-refractivity contribution in [3.05, 3.63) is 48.3 Å². The first-order chi connectivity index (χ1) is 10.7. The molecule has 0 aliphatic carbocycles. The van der Waals surface area contributed by atoms with Gasteiger partial charge in [-0.05, 0) is 24.3 Å². The molecule has 4 aromatic rings. The van der Waals surface area contributed by atoms with Crippen LogP contribution in [0.25, 0.3) is 31.1 Å². The molecule has 0 amide bonds. The van der Waals surface area contributed by atoms with Gasteiger partial charge in [0.25, 0.3) is 0 Å². The van der Waals surface area contributed by atoms with Crippen LogP contribution in [0.5, 0.6) is 0 Å². The summed E-state index contributed by atoms with van der Waals surface area (Å²) >= 11 is 2.44. The first kappa shape index (κ1) is 13.4. The Hall–Kier alpha value is -2.32. The molecule has 0 saturated carbocycles. The SMILES string of the molecule is Fc1cccnc1-c1nc2sc(-c3ncccc3F)nc2s1. The van der Waals surface area contributed by atoms with Crippen LogP contribution in [0.1, 0.15) is 0 Å². The molecule has 108 valence electrons. The molecule has 0 saturated heterocycles. The summed E-state index contributed by atoms with van der Waals surface area (Å²) in [6.45, 7) is 0. The number of halogens is 2. The molecule has 4 nitrogen and oxygen atoms in total. The average Bonchev–Trinajstić information content (AvgIpc) is 3.06. The van der Waals surface area contributed by atoms with Crippen molar-refractivity contribution >= 4 is 32.3 Å². The zero-order valence-electron chi connectivity index (χ0n) is 10.8. The molecule has 0 radical (unpaired) electrons. The highest BCUT2D eigenvalue weighted by Gasteiger charge is 2.17. The van der Waals surface area contributed by atoms with Crippen LogP contribution in [-0.2, 0) is 0 Å². The van der Waals surface area contributed by atoms with Crippen LogP contribution in [0, 0.1) is 11.6 Å². The first-order valence-electron chi connectivity index (χ1n) is 6.21. The van der Waals surface area contributed by atoms with Crippen LogP contribution in [-0.4, -0.2) is 19.9 Å². The van der Waals surface area contributed by atoms with Gasteiger partial charge in [0.15, 0.2) is 21.3 Å². The molecule has 22 heavy (non-hydrogen) atoms. The van der Waals surface area contributed by atoms with E-state index < -0.39 is 11.6 Å². The van der Waals surface area contributed by atoms with E-state index >= 15 is 0 Å². The normalized spacial score (nSPS) is 11.2. The third kappa shape index (κ3) is 2.16. The molecule has 0 bridgehead atoms. The van der Waals surface area contributed by atoms with E-state index in [2.05, 4.69) is 19.9 Å². The number of hydrogen-bond donors (Lipinski definition) is 0. The Morgan fingerprint density at radius 1 is 0.727 bits per heavy atom. The average molecular weight is 332 g/mol. The van der Waals surface area contributed by atoms with E-state index in [0.29, 0.717) is 19.7 Å². The number of pyridine rings is 2. The summed E-state index contributed by atoms with van der Waals surface area (Å²) in [4.78, 5) is 17.9. The van der Waals surface area contributed by atoms with E-state index in [4.69, 9.17) is 0 Å². The second kappa shape index (κ2) is 5.15. The zero-order valence-corrected chi connectivity index (χ0v) is 12.5. The molecule has 0 aliphatic rings. The summed E-state index contributed by atoms with van der Waals surface area (Å²) in [6.07, 6.45) is 3.02. The highest BCUT2D eigenvalue weighted by Crippen LogP contribution is 2.36. The maximum absolute atomic E-state index is 13.7. The molecule has 0 aliphatic heterocycles. The van der Waals surface area contributed by atoms with Gasteiger partial charge in [0.05, 0.1) is 0 Å². The lowest BCUT2D eigenvalue weighted by Gasteiger charge is -1.96. The number of fused-ring (bicyclic) bond motifs is 1. The van der Waals surface area contributed by atoms with E-state index in [-0.39, 0.29) is 11.4 Å². The minimum Gasteiger partial charge on any atom is -0.251 e. The largest absolute Gasteiger partial charge is 0.251 e. The van der Waals surface area contributed by atoms with E-state index in [1.54, 1.807) is 0 Å². The fourth-order valence-corrected chi connectivity index (χ4v) is 3.97. The van der Waals surface area contributed by atoms with Gasteiger partial charge in [0.1, 0.15) is 21.4 Å². The lowest BCUT2D eigenvalue weighted by atomic mass is 10.3. The Bertz CT molecular complexity index is 873. The van der Waals surface area contributed by atoms with E-state index in [0.717, 1.165) is 0 Å². The van der Waals surface area contributed by atoms with Crippen LogP contribution in [0.3, 0.4) is 0 Å². The molecule has 4 heterocycles. The van der Waals surface area contributed by atoms with Crippen LogP contribution in [0.15, 0.2) is 36.7 Å².